The molecule has 2 aromatic rings. The number of urea groups is 1. The van der Waals surface area contributed by atoms with E-state index in [1.54, 1.807) is 18.9 Å². The first kappa shape index (κ1) is 14.9. The smallest absolute Gasteiger partial charge is 0.324 e. The van der Waals surface area contributed by atoms with Crippen molar-refractivity contribution in [2.24, 2.45) is 0 Å². The molecule has 3 heterocycles. The summed E-state index contributed by atoms with van der Waals surface area (Å²) >= 11 is 1.32. The van der Waals surface area contributed by atoms with Gasteiger partial charge in [-0.2, -0.15) is 4.98 Å². The van der Waals surface area contributed by atoms with E-state index in [1.807, 2.05) is 6.92 Å². The van der Waals surface area contributed by atoms with E-state index in [-0.39, 0.29) is 18.2 Å². The summed E-state index contributed by atoms with van der Waals surface area (Å²) < 4.78 is 10.6. The van der Waals surface area contributed by atoms with Crippen molar-refractivity contribution in [1.29, 1.82) is 0 Å². The molecule has 2 aromatic heterocycles. The molecule has 118 valence electrons. The number of likely N-dealkylation sites (tertiary alicyclic amines) is 1. The van der Waals surface area contributed by atoms with Gasteiger partial charge in [-0.05, 0) is 13.8 Å². The number of carbonyl (C=O) groups is 1. The monoisotopic (exact) mass is 324 g/mol. The third-order valence-corrected chi connectivity index (χ3v) is 4.18. The summed E-state index contributed by atoms with van der Waals surface area (Å²) in [7, 11) is 1.62. The van der Waals surface area contributed by atoms with Crippen LogP contribution in [-0.4, -0.2) is 51.0 Å². The largest absolute Gasteiger partial charge is 0.380 e. The Morgan fingerprint density at radius 1 is 1.45 bits per heavy atom. The standard InChI is InChI=1S/C12H16N6O3S/c1-6-13-10(21-17-6)9-4-8(20-3)5-18(9)12(19)14-11-16-15-7(2)22-11/h8-9H,4-5H2,1-3H3,(H,14,16,19)/t8-,9+/m0/s1. The fourth-order valence-electron chi connectivity index (χ4n) is 2.39. The molecular formula is C12H16N6O3S. The third kappa shape index (κ3) is 2.92. The molecule has 3 rings (SSSR count). The first-order valence-electron chi connectivity index (χ1n) is 6.77. The molecule has 1 saturated heterocycles. The predicted molar refractivity (Wildman–Crippen MR) is 77.6 cm³/mol. The van der Waals surface area contributed by atoms with Gasteiger partial charge in [0.2, 0.25) is 11.0 Å². The summed E-state index contributed by atoms with van der Waals surface area (Å²) in [6, 6.07) is -0.586. The lowest BCUT2D eigenvalue weighted by atomic mass is 10.2. The Labute approximate surface area is 130 Å². The minimum absolute atomic E-state index is 0.0703. The van der Waals surface area contributed by atoms with Crippen molar-refractivity contribution in [2.75, 3.05) is 19.0 Å². The van der Waals surface area contributed by atoms with Crippen LogP contribution >= 0.6 is 11.3 Å². The number of hydrogen-bond donors (Lipinski definition) is 1. The predicted octanol–water partition coefficient (Wildman–Crippen LogP) is 1.53. The summed E-state index contributed by atoms with van der Waals surface area (Å²) in [6.45, 7) is 4.02. The molecule has 10 heteroatoms. The Hall–Kier alpha value is -2.07. The second kappa shape index (κ2) is 5.97. The number of aromatic nitrogens is 4. The minimum Gasteiger partial charge on any atom is -0.380 e. The number of nitrogens with zero attached hydrogens (tertiary/aromatic N) is 5. The average molecular weight is 324 g/mol. The Kier molecular flexibility index (Phi) is 4.03. The Morgan fingerprint density at radius 2 is 2.27 bits per heavy atom. The van der Waals surface area contributed by atoms with E-state index in [1.165, 1.54) is 11.3 Å². The Bertz CT molecular complexity index is 671. The number of aryl methyl sites for hydroxylation is 2. The van der Waals surface area contributed by atoms with Crippen molar-refractivity contribution in [3.8, 4) is 0 Å². The quantitative estimate of drug-likeness (QED) is 0.912. The number of carbonyl (C=O) groups excluding carboxylic acids is 1. The van der Waals surface area contributed by atoms with Crippen LogP contribution in [0, 0.1) is 13.8 Å². The fourth-order valence-corrected chi connectivity index (χ4v) is 2.97. The molecule has 0 spiro atoms. The first-order valence-corrected chi connectivity index (χ1v) is 7.59. The van der Waals surface area contributed by atoms with Gasteiger partial charge >= 0.3 is 6.03 Å². The minimum atomic E-state index is -0.305. The molecule has 2 atom stereocenters. The van der Waals surface area contributed by atoms with Gasteiger partial charge < -0.3 is 14.2 Å². The second-order valence-corrected chi connectivity index (χ2v) is 6.18. The van der Waals surface area contributed by atoms with Gasteiger partial charge in [-0.3, -0.25) is 5.32 Å². The Morgan fingerprint density at radius 3 is 2.86 bits per heavy atom. The molecule has 0 unspecified atom stereocenters. The number of hydrogen-bond acceptors (Lipinski definition) is 8. The highest BCUT2D eigenvalue weighted by molar-refractivity contribution is 7.15. The van der Waals surface area contributed by atoms with Crippen molar-refractivity contribution in [3.05, 3.63) is 16.7 Å². The van der Waals surface area contributed by atoms with E-state index in [0.717, 1.165) is 5.01 Å². The van der Waals surface area contributed by atoms with E-state index in [2.05, 4.69) is 25.7 Å². The van der Waals surface area contributed by atoms with Gasteiger partial charge in [-0.15, -0.1) is 10.2 Å². The van der Waals surface area contributed by atoms with Gasteiger partial charge in [-0.1, -0.05) is 16.5 Å². The van der Waals surface area contributed by atoms with E-state index < -0.39 is 0 Å². The highest BCUT2D eigenvalue weighted by Crippen LogP contribution is 2.33. The molecule has 1 aliphatic rings. The summed E-state index contributed by atoms with van der Waals surface area (Å²) in [5.41, 5.74) is 0. The van der Waals surface area contributed by atoms with Crippen LogP contribution < -0.4 is 5.32 Å². The molecule has 0 bridgehead atoms. The van der Waals surface area contributed by atoms with E-state index >= 15 is 0 Å². The lowest BCUT2D eigenvalue weighted by Crippen LogP contribution is -2.35. The number of rotatable bonds is 3. The van der Waals surface area contributed by atoms with Crippen molar-refractivity contribution >= 4 is 22.5 Å². The lowest BCUT2D eigenvalue weighted by Gasteiger charge is -2.21. The zero-order valence-corrected chi connectivity index (χ0v) is 13.3. The first-order chi connectivity index (χ1) is 10.6. The zero-order valence-electron chi connectivity index (χ0n) is 12.4. The number of nitrogens with one attached hydrogen (secondary N) is 1. The van der Waals surface area contributed by atoms with Gasteiger partial charge in [-0.25, -0.2) is 4.79 Å². The molecule has 2 amide bonds. The SMILES string of the molecule is CO[C@H]1C[C@H](c2nc(C)no2)N(C(=O)Nc2nnc(C)s2)C1. The summed E-state index contributed by atoms with van der Waals surface area (Å²) in [5, 5.41) is 15.6. The van der Waals surface area contributed by atoms with E-state index in [9.17, 15) is 4.79 Å². The molecule has 1 N–H and O–H groups in total. The summed E-state index contributed by atoms with van der Waals surface area (Å²) in [4.78, 5) is 18.3. The fraction of sp³-hybridized carbons (Fsp3) is 0.583. The van der Waals surface area contributed by atoms with E-state index in [4.69, 9.17) is 9.26 Å². The molecule has 0 aromatic carbocycles. The Balaban J connectivity index is 1.78. The highest BCUT2D eigenvalue weighted by Gasteiger charge is 2.39. The van der Waals surface area contributed by atoms with Crippen LogP contribution in [0.15, 0.2) is 4.52 Å². The number of ether oxygens (including phenoxy) is 1. The van der Waals surface area contributed by atoms with Crippen molar-refractivity contribution < 1.29 is 14.1 Å². The van der Waals surface area contributed by atoms with Crippen LogP contribution in [-0.2, 0) is 4.74 Å². The van der Waals surface area contributed by atoms with Crippen LogP contribution in [0.1, 0.15) is 29.2 Å². The molecule has 1 fully saturated rings. The number of anilines is 1. The second-order valence-electron chi connectivity index (χ2n) is 5.00. The molecular weight excluding hydrogens is 308 g/mol. The summed E-state index contributed by atoms with van der Waals surface area (Å²) in [5.74, 6) is 0.955. The molecule has 22 heavy (non-hydrogen) atoms. The molecule has 0 aliphatic carbocycles. The normalized spacial score (nSPS) is 21.3. The maximum atomic E-state index is 12.5. The lowest BCUT2D eigenvalue weighted by molar-refractivity contribution is 0.111. The van der Waals surface area contributed by atoms with Gasteiger partial charge in [0, 0.05) is 20.1 Å². The molecule has 9 nitrogen and oxygen atoms in total. The van der Waals surface area contributed by atoms with Gasteiger partial charge in [0.05, 0.1) is 6.10 Å². The third-order valence-electron chi connectivity index (χ3n) is 3.43. The topological polar surface area (TPSA) is 106 Å². The highest BCUT2D eigenvalue weighted by atomic mass is 32.1. The maximum absolute atomic E-state index is 12.5. The molecule has 1 aliphatic heterocycles. The molecule has 0 radical (unpaired) electrons. The number of methoxy groups -OCH3 is 1. The van der Waals surface area contributed by atoms with Crippen molar-refractivity contribution in [2.45, 2.75) is 32.4 Å². The van der Waals surface area contributed by atoms with Crippen LogP contribution in [0.3, 0.4) is 0 Å². The van der Waals surface area contributed by atoms with Gasteiger partial charge in [0.1, 0.15) is 11.0 Å². The van der Waals surface area contributed by atoms with Crippen molar-refractivity contribution in [1.82, 2.24) is 25.2 Å². The zero-order chi connectivity index (χ0) is 15.7. The van der Waals surface area contributed by atoms with Crippen LogP contribution in [0.5, 0.6) is 0 Å². The van der Waals surface area contributed by atoms with Crippen LogP contribution in [0.2, 0.25) is 0 Å². The van der Waals surface area contributed by atoms with Crippen LogP contribution in [0.4, 0.5) is 9.93 Å². The van der Waals surface area contributed by atoms with E-state index in [0.29, 0.717) is 29.8 Å². The average Bonchev–Trinajstić information content (AvgIpc) is 3.18. The number of amides is 2. The van der Waals surface area contributed by atoms with Crippen molar-refractivity contribution in [3.63, 3.8) is 0 Å². The van der Waals surface area contributed by atoms with Crippen LogP contribution in [0.25, 0.3) is 0 Å². The van der Waals surface area contributed by atoms with Gasteiger partial charge in [0.15, 0.2) is 5.82 Å². The maximum Gasteiger partial charge on any atom is 0.324 e. The summed E-state index contributed by atoms with van der Waals surface area (Å²) in [6.07, 6.45) is 0.542. The van der Waals surface area contributed by atoms with Gasteiger partial charge in [0.25, 0.3) is 0 Å². The molecule has 0 saturated carbocycles.